The lowest BCUT2D eigenvalue weighted by atomic mass is 9.85. The maximum absolute atomic E-state index is 10.0. The molecule has 10 nitrogen and oxygen atoms in total. The monoisotopic (exact) mass is 462 g/mol. The Morgan fingerprint density at radius 1 is 1.18 bits per heavy atom. The first kappa shape index (κ1) is 22.4. The van der Waals surface area contributed by atoms with Crippen LogP contribution in [0.4, 0.5) is 5.95 Å². The molecule has 34 heavy (non-hydrogen) atoms. The Morgan fingerprint density at radius 3 is 2.79 bits per heavy atom. The highest BCUT2D eigenvalue weighted by Crippen LogP contribution is 2.37. The zero-order chi connectivity index (χ0) is 23.5. The molecule has 4 heterocycles. The second kappa shape index (κ2) is 9.86. The lowest BCUT2D eigenvalue weighted by Crippen LogP contribution is -2.23. The van der Waals surface area contributed by atoms with Gasteiger partial charge in [0.25, 0.3) is 0 Å². The second-order valence-corrected chi connectivity index (χ2v) is 9.05. The number of hydrogen-bond donors (Lipinski definition) is 2. The van der Waals surface area contributed by atoms with Crippen molar-refractivity contribution in [2.75, 3.05) is 19.0 Å². The fourth-order valence-electron chi connectivity index (χ4n) is 4.67. The molecule has 4 aromatic heterocycles. The van der Waals surface area contributed by atoms with Crippen molar-refractivity contribution in [3.8, 4) is 11.1 Å². The standard InChI is InChI=1S/C24H30N8O2/c1-16(15-34-2)29-24-25-12-23-21(9-22(32(23)30-24)18-3-5-20(33)6-4-18)19-11-28-31(14-19)13-17-7-8-26-27-10-17/h7-12,14,16,18,20,33H,3-6,13,15H2,1-2H3,(H,29,30)/t16-,18?,20?/m0/s1. The molecule has 0 unspecified atom stereocenters. The van der Waals surface area contributed by atoms with Gasteiger partial charge in [-0.15, -0.1) is 5.10 Å². The molecule has 0 spiro atoms. The summed E-state index contributed by atoms with van der Waals surface area (Å²) in [5.74, 6) is 0.902. The molecule has 5 rings (SSSR count). The predicted octanol–water partition coefficient (Wildman–Crippen LogP) is 2.90. The first-order chi connectivity index (χ1) is 16.6. The summed E-state index contributed by atoms with van der Waals surface area (Å²) in [6.07, 6.45) is 12.5. The van der Waals surface area contributed by atoms with Gasteiger partial charge in [0, 0.05) is 48.3 Å². The van der Waals surface area contributed by atoms with Gasteiger partial charge in [0.15, 0.2) is 0 Å². The third-order valence-corrected chi connectivity index (χ3v) is 6.39. The van der Waals surface area contributed by atoms with Gasteiger partial charge >= 0.3 is 0 Å². The highest BCUT2D eigenvalue weighted by atomic mass is 16.5. The molecule has 0 saturated heterocycles. The van der Waals surface area contributed by atoms with Gasteiger partial charge in [-0.25, -0.2) is 9.50 Å². The van der Waals surface area contributed by atoms with Crippen LogP contribution in [0.5, 0.6) is 0 Å². The van der Waals surface area contributed by atoms with E-state index in [2.05, 4.69) is 31.7 Å². The fraction of sp³-hybridized carbons (Fsp3) is 0.458. The van der Waals surface area contributed by atoms with Gasteiger partial charge in [0.05, 0.1) is 43.4 Å². The van der Waals surface area contributed by atoms with E-state index in [9.17, 15) is 5.11 Å². The van der Waals surface area contributed by atoms with Gasteiger partial charge in [-0.2, -0.15) is 15.3 Å². The zero-order valence-corrected chi connectivity index (χ0v) is 19.5. The van der Waals surface area contributed by atoms with E-state index in [-0.39, 0.29) is 12.1 Å². The van der Waals surface area contributed by atoms with Crippen molar-refractivity contribution in [2.45, 2.75) is 57.2 Å². The summed E-state index contributed by atoms with van der Waals surface area (Å²) in [4.78, 5) is 4.58. The quantitative estimate of drug-likeness (QED) is 0.411. The summed E-state index contributed by atoms with van der Waals surface area (Å²) in [7, 11) is 1.68. The Balaban J connectivity index is 1.50. The molecule has 4 aromatic rings. The lowest BCUT2D eigenvalue weighted by Gasteiger charge is -2.25. The van der Waals surface area contributed by atoms with Crippen molar-refractivity contribution < 1.29 is 9.84 Å². The maximum atomic E-state index is 10.0. The second-order valence-electron chi connectivity index (χ2n) is 9.05. The minimum absolute atomic E-state index is 0.0895. The summed E-state index contributed by atoms with van der Waals surface area (Å²) in [5.41, 5.74) is 5.19. The third-order valence-electron chi connectivity index (χ3n) is 6.39. The summed E-state index contributed by atoms with van der Waals surface area (Å²) >= 11 is 0. The molecular formula is C24H30N8O2. The molecular weight excluding hydrogens is 432 g/mol. The summed E-state index contributed by atoms with van der Waals surface area (Å²) in [6.45, 7) is 3.22. The first-order valence-electron chi connectivity index (χ1n) is 11.7. The molecule has 1 fully saturated rings. The van der Waals surface area contributed by atoms with Crippen LogP contribution < -0.4 is 5.32 Å². The molecule has 1 atom stereocenters. The van der Waals surface area contributed by atoms with Crippen molar-refractivity contribution >= 4 is 11.5 Å². The number of hydrogen-bond acceptors (Lipinski definition) is 8. The van der Waals surface area contributed by atoms with Crippen LogP contribution in [0.3, 0.4) is 0 Å². The van der Waals surface area contributed by atoms with Crippen LogP contribution in [0, 0.1) is 0 Å². The molecule has 1 aliphatic rings. The number of ether oxygens (including phenoxy) is 1. The Kier molecular flexibility index (Phi) is 6.50. The van der Waals surface area contributed by atoms with Crippen LogP contribution >= 0.6 is 0 Å². The largest absolute Gasteiger partial charge is 0.393 e. The van der Waals surface area contributed by atoms with Gasteiger partial charge in [-0.1, -0.05) is 0 Å². The minimum atomic E-state index is -0.204. The van der Waals surface area contributed by atoms with E-state index in [4.69, 9.17) is 9.84 Å². The van der Waals surface area contributed by atoms with E-state index in [0.717, 1.165) is 53.6 Å². The number of aliphatic hydroxyl groups is 1. The van der Waals surface area contributed by atoms with Crippen LogP contribution in [0.25, 0.3) is 16.6 Å². The molecule has 0 bridgehead atoms. The van der Waals surface area contributed by atoms with Crippen molar-refractivity contribution in [3.05, 3.63) is 54.4 Å². The highest BCUT2D eigenvalue weighted by molar-refractivity contribution is 5.81. The minimum Gasteiger partial charge on any atom is -0.393 e. The Bertz CT molecular complexity index is 1230. The van der Waals surface area contributed by atoms with Gasteiger partial charge in [-0.05, 0) is 50.3 Å². The van der Waals surface area contributed by atoms with Crippen LogP contribution in [-0.2, 0) is 11.3 Å². The molecule has 0 amide bonds. The van der Waals surface area contributed by atoms with Crippen LogP contribution in [-0.4, -0.2) is 65.5 Å². The summed E-state index contributed by atoms with van der Waals surface area (Å²) in [5, 5.41) is 30.5. The molecule has 1 saturated carbocycles. The number of nitrogens with zero attached hydrogens (tertiary/aromatic N) is 7. The van der Waals surface area contributed by atoms with Crippen LogP contribution in [0.15, 0.2) is 43.1 Å². The Morgan fingerprint density at radius 2 is 2.03 bits per heavy atom. The topological polar surface area (TPSA) is 115 Å². The van der Waals surface area contributed by atoms with E-state index in [1.807, 2.05) is 40.8 Å². The lowest BCUT2D eigenvalue weighted by molar-refractivity contribution is 0.121. The Hall–Kier alpha value is -3.37. The molecule has 2 N–H and O–H groups in total. The number of anilines is 1. The van der Waals surface area contributed by atoms with E-state index in [0.29, 0.717) is 25.0 Å². The van der Waals surface area contributed by atoms with Gasteiger partial charge in [0.2, 0.25) is 5.95 Å². The number of fused-ring (bicyclic) bond motifs is 1. The molecule has 0 aliphatic heterocycles. The fourth-order valence-corrected chi connectivity index (χ4v) is 4.67. The van der Waals surface area contributed by atoms with E-state index >= 15 is 0 Å². The predicted molar refractivity (Wildman–Crippen MR) is 128 cm³/mol. The van der Waals surface area contributed by atoms with Crippen LogP contribution in [0.1, 0.15) is 49.8 Å². The summed E-state index contributed by atoms with van der Waals surface area (Å²) in [6, 6.07) is 4.24. The van der Waals surface area contributed by atoms with Crippen molar-refractivity contribution in [3.63, 3.8) is 0 Å². The molecule has 10 heteroatoms. The maximum Gasteiger partial charge on any atom is 0.241 e. The highest BCUT2D eigenvalue weighted by Gasteiger charge is 2.26. The smallest absolute Gasteiger partial charge is 0.241 e. The van der Waals surface area contributed by atoms with Gasteiger partial charge < -0.3 is 15.2 Å². The molecule has 0 radical (unpaired) electrons. The average Bonchev–Trinajstić information content (AvgIpc) is 3.45. The SMILES string of the molecule is COC[C@H](C)Nc1ncc2c(-c3cnn(Cc4ccnnc4)c3)cc(C3CCC(O)CC3)n2n1. The van der Waals surface area contributed by atoms with Crippen LogP contribution in [0.2, 0.25) is 0 Å². The molecule has 178 valence electrons. The van der Waals surface area contributed by atoms with Gasteiger partial charge in [-0.3, -0.25) is 4.68 Å². The van der Waals surface area contributed by atoms with Gasteiger partial charge in [0.1, 0.15) is 0 Å². The van der Waals surface area contributed by atoms with E-state index < -0.39 is 0 Å². The number of rotatable bonds is 8. The number of nitrogens with one attached hydrogen (secondary N) is 1. The van der Waals surface area contributed by atoms with Crippen molar-refractivity contribution in [2.24, 2.45) is 0 Å². The summed E-state index contributed by atoms with van der Waals surface area (Å²) < 4.78 is 9.14. The number of methoxy groups -OCH3 is 1. The average molecular weight is 463 g/mol. The van der Waals surface area contributed by atoms with E-state index in [1.165, 1.54) is 0 Å². The Labute approximate surface area is 198 Å². The first-order valence-corrected chi connectivity index (χ1v) is 11.7. The van der Waals surface area contributed by atoms with Crippen molar-refractivity contribution in [1.29, 1.82) is 0 Å². The van der Waals surface area contributed by atoms with Crippen molar-refractivity contribution in [1.82, 2.24) is 34.6 Å². The zero-order valence-electron chi connectivity index (χ0n) is 19.5. The normalized spacial score (nSPS) is 19.4. The number of aromatic nitrogens is 7. The van der Waals surface area contributed by atoms with E-state index in [1.54, 1.807) is 19.5 Å². The third kappa shape index (κ3) is 4.78. The molecule has 1 aliphatic carbocycles. The molecule has 0 aromatic carbocycles. The number of aliphatic hydroxyl groups excluding tert-OH is 1.